The van der Waals surface area contributed by atoms with Crippen LogP contribution in [0.5, 0.6) is 0 Å². The van der Waals surface area contributed by atoms with Crippen LogP contribution in [0.4, 0.5) is 0 Å². The number of aliphatic hydroxyl groups is 1. The van der Waals surface area contributed by atoms with E-state index in [1.54, 1.807) is 6.92 Å². The first-order valence-corrected chi connectivity index (χ1v) is 7.20. The van der Waals surface area contributed by atoms with Crippen LogP contribution in [0.15, 0.2) is 17.2 Å². The zero-order valence-corrected chi connectivity index (χ0v) is 11.9. The lowest BCUT2D eigenvalue weighted by Crippen LogP contribution is -2.38. The Morgan fingerprint density at radius 3 is 2.42 bits per heavy atom. The van der Waals surface area contributed by atoms with Crippen LogP contribution >= 0.6 is 0 Å². The maximum absolute atomic E-state index is 12.0. The Bertz CT molecular complexity index is 568. The minimum atomic E-state index is -3.83. The monoisotopic (exact) mass is 290 g/mol. The summed E-state index contributed by atoms with van der Waals surface area (Å²) in [5.41, 5.74) is -1.28. The number of hydrogen-bond donors (Lipinski definition) is 3. The second-order valence-electron chi connectivity index (χ2n) is 4.79. The average Bonchev–Trinajstić information content (AvgIpc) is 2.70. The van der Waals surface area contributed by atoms with Crippen molar-refractivity contribution in [3.05, 3.63) is 18.0 Å². The molecule has 0 amide bonds. The molecule has 7 nitrogen and oxygen atoms in total. The number of carbonyl (C=O) groups is 1. The lowest BCUT2D eigenvalue weighted by molar-refractivity contribution is 0.0685. The molecular weight excluding hydrogens is 272 g/mol. The van der Waals surface area contributed by atoms with Gasteiger partial charge in [0.1, 0.15) is 10.6 Å². The number of sulfonamides is 1. The summed E-state index contributed by atoms with van der Waals surface area (Å²) < 4.78 is 27.5. The highest BCUT2D eigenvalue weighted by Crippen LogP contribution is 2.15. The third kappa shape index (κ3) is 4.05. The van der Waals surface area contributed by atoms with E-state index in [1.807, 2.05) is 0 Å². The zero-order chi connectivity index (χ0) is 14.8. The predicted octanol–water partition coefficient (Wildman–Crippen LogP) is 0.255. The number of rotatable bonds is 6. The van der Waals surface area contributed by atoms with E-state index in [0.29, 0.717) is 6.54 Å². The zero-order valence-electron chi connectivity index (χ0n) is 11.0. The Hall–Kier alpha value is -1.38. The predicted molar refractivity (Wildman–Crippen MR) is 68.6 cm³/mol. The summed E-state index contributed by atoms with van der Waals surface area (Å²) in [5, 5.41) is 18.5. The Morgan fingerprint density at radius 2 is 2.05 bits per heavy atom. The van der Waals surface area contributed by atoms with E-state index in [2.05, 4.69) is 4.72 Å². The van der Waals surface area contributed by atoms with E-state index >= 15 is 0 Å². The number of aryl methyl sites for hydroxylation is 1. The quantitative estimate of drug-likeness (QED) is 0.696. The largest absolute Gasteiger partial charge is 0.477 e. The second-order valence-corrected chi connectivity index (χ2v) is 6.56. The van der Waals surface area contributed by atoms with Gasteiger partial charge in [0.2, 0.25) is 10.0 Å². The van der Waals surface area contributed by atoms with E-state index in [4.69, 9.17) is 5.11 Å². The molecule has 0 aromatic carbocycles. The summed E-state index contributed by atoms with van der Waals surface area (Å²) in [6.45, 7) is 4.84. The van der Waals surface area contributed by atoms with E-state index in [9.17, 15) is 18.3 Å². The van der Waals surface area contributed by atoms with Crippen LogP contribution in [0, 0.1) is 0 Å². The molecule has 1 rings (SSSR count). The molecule has 0 aliphatic heterocycles. The van der Waals surface area contributed by atoms with Crippen molar-refractivity contribution in [2.45, 2.75) is 37.8 Å². The van der Waals surface area contributed by atoms with Crippen LogP contribution in [-0.2, 0) is 16.6 Å². The molecular formula is C11H18N2O5S. The van der Waals surface area contributed by atoms with E-state index in [0.717, 1.165) is 6.07 Å². The molecule has 0 unspecified atom stereocenters. The molecule has 0 fully saturated rings. The molecule has 0 bridgehead atoms. The molecule has 3 N–H and O–H groups in total. The molecule has 1 aromatic rings. The van der Waals surface area contributed by atoms with Crippen molar-refractivity contribution in [1.82, 2.24) is 9.29 Å². The van der Waals surface area contributed by atoms with Crippen molar-refractivity contribution in [2.24, 2.45) is 0 Å². The van der Waals surface area contributed by atoms with Gasteiger partial charge in [0.05, 0.1) is 5.60 Å². The fraction of sp³-hybridized carbons (Fsp3) is 0.545. The van der Waals surface area contributed by atoms with Gasteiger partial charge in [-0.2, -0.15) is 0 Å². The first-order valence-electron chi connectivity index (χ1n) is 5.72. The normalized spacial score (nSPS) is 12.6. The van der Waals surface area contributed by atoms with Crippen LogP contribution in [0.2, 0.25) is 0 Å². The lowest BCUT2D eigenvalue weighted by atomic mass is 10.1. The number of nitrogens with one attached hydrogen (secondary N) is 1. The van der Waals surface area contributed by atoms with Gasteiger partial charge in [0.25, 0.3) is 0 Å². The van der Waals surface area contributed by atoms with Crippen LogP contribution in [0.1, 0.15) is 31.3 Å². The van der Waals surface area contributed by atoms with Crippen molar-refractivity contribution in [2.75, 3.05) is 6.54 Å². The molecule has 19 heavy (non-hydrogen) atoms. The van der Waals surface area contributed by atoms with Crippen molar-refractivity contribution in [1.29, 1.82) is 0 Å². The Labute approximate surface area is 111 Å². The van der Waals surface area contributed by atoms with Gasteiger partial charge in [0.15, 0.2) is 0 Å². The minimum absolute atomic E-state index is 0.0915. The molecule has 0 atom stereocenters. The van der Waals surface area contributed by atoms with E-state index in [-0.39, 0.29) is 17.1 Å². The molecule has 1 aromatic heterocycles. The van der Waals surface area contributed by atoms with Crippen molar-refractivity contribution in [3.8, 4) is 0 Å². The Kier molecular flexibility index (Phi) is 4.39. The van der Waals surface area contributed by atoms with E-state index in [1.165, 1.54) is 24.6 Å². The number of nitrogens with zero attached hydrogens (tertiary/aromatic N) is 1. The topological polar surface area (TPSA) is 109 Å². The average molecular weight is 290 g/mol. The SMILES string of the molecule is CCn1cc(S(=O)(=O)NCC(C)(C)O)cc1C(=O)O. The summed E-state index contributed by atoms with van der Waals surface area (Å²) >= 11 is 0. The van der Waals surface area contributed by atoms with Gasteiger partial charge in [-0.3, -0.25) is 0 Å². The van der Waals surface area contributed by atoms with Gasteiger partial charge in [-0.25, -0.2) is 17.9 Å². The van der Waals surface area contributed by atoms with Gasteiger partial charge >= 0.3 is 5.97 Å². The van der Waals surface area contributed by atoms with Crippen molar-refractivity contribution < 1.29 is 23.4 Å². The standard InChI is InChI=1S/C11H18N2O5S/c1-4-13-6-8(5-9(13)10(14)15)19(17,18)12-7-11(2,3)16/h5-6,12,16H,4,7H2,1-3H3,(H,14,15). The lowest BCUT2D eigenvalue weighted by Gasteiger charge is -2.17. The highest BCUT2D eigenvalue weighted by Gasteiger charge is 2.23. The summed E-state index contributed by atoms with van der Waals surface area (Å²) in [6, 6.07) is 1.10. The summed E-state index contributed by atoms with van der Waals surface area (Å²) in [5.74, 6) is -1.19. The molecule has 8 heteroatoms. The third-order valence-corrected chi connectivity index (χ3v) is 3.80. The van der Waals surface area contributed by atoms with Gasteiger partial charge in [-0.15, -0.1) is 0 Å². The van der Waals surface area contributed by atoms with Crippen molar-refractivity contribution >= 4 is 16.0 Å². The highest BCUT2D eigenvalue weighted by molar-refractivity contribution is 7.89. The third-order valence-electron chi connectivity index (χ3n) is 2.44. The van der Waals surface area contributed by atoms with Gasteiger partial charge in [0, 0.05) is 19.3 Å². The van der Waals surface area contributed by atoms with Crippen LogP contribution in [0.25, 0.3) is 0 Å². The van der Waals surface area contributed by atoms with Crippen molar-refractivity contribution in [3.63, 3.8) is 0 Å². The number of aromatic nitrogens is 1. The number of carboxylic acids is 1. The molecule has 0 radical (unpaired) electrons. The molecule has 0 saturated carbocycles. The summed E-state index contributed by atoms with van der Waals surface area (Å²) in [4.78, 5) is 10.8. The van der Waals surface area contributed by atoms with Crippen LogP contribution in [-0.4, -0.2) is 41.3 Å². The van der Waals surface area contributed by atoms with Crippen LogP contribution in [0.3, 0.4) is 0 Å². The molecule has 0 aliphatic rings. The molecule has 1 heterocycles. The first kappa shape index (κ1) is 15.7. The molecule has 108 valence electrons. The first-order chi connectivity index (χ1) is 8.57. The highest BCUT2D eigenvalue weighted by atomic mass is 32.2. The maximum atomic E-state index is 12.0. The summed E-state index contributed by atoms with van der Waals surface area (Å²) in [7, 11) is -3.83. The molecule has 0 saturated heterocycles. The fourth-order valence-corrected chi connectivity index (χ4v) is 2.67. The molecule has 0 spiro atoms. The van der Waals surface area contributed by atoms with Gasteiger partial charge < -0.3 is 14.8 Å². The van der Waals surface area contributed by atoms with Gasteiger partial charge in [-0.1, -0.05) is 0 Å². The molecule has 0 aliphatic carbocycles. The number of aromatic carboxylic acids is 1. The summed E-state index contributed by atoms with van der Waals surface area (Å²) in [6.07, 6.45) is 1.26. The Balaban J connectivity index is 3.06. The Morgan fingerprint density at radius 1 is 1.47 bits per heavy atom. The smallest absolute Gasteiger partial charge is 0.352 e. The second kappa shape index (κ2) is 5.32. The fourth-order valence-electron chi connectivity index (χ4n) is 1.43. The minimum Gasteiger partial charge on any atom is -0.477 e. The number of carboxylic acid groups (broad SMARTS) is 1. The van der Waals surface area contributed by atoms with Gasteiger partial charge in [-0.05, 0) is 26.8 Å². The van der Waals surface area contributed by atoms with Crippen LogP contribution < -0.4 is 4.72 Å². The number of hydrogen-bond acceptors (Lipinski definition) is 4. The maximum Gasteiger partial charge on any atom is 0.352 e. The van der Waals surface area contributed by atoms with E-state index < -0.39 is 21.6 Å².